The van der Waals surface area contributed by atoms with Gasteiger partial charge in [0, 0.05) is 23.2 Å². The van der Waals surface area contributed by atoms with E-state index in [9.17, 15) is 13.9 Å². The third-order valence-electron chi connectivity index (χ3n) is 3.60. The molecule has 0 bridgehead atoms. The second-order valence-corrected chi connectivity index (χ2v) is 5.00. The van der Waals surface area contributed by atoms with E-state index in [0.717, 1.165) is 11.5 Å². The molecule has 1 heterocycles. The van der Waals surface area contributed by atoms with E-state index in [-0.39, 0.29) is 5.75 Å². The molecule has 0 aliphatic heterocycles. The summed E-state index contributed by atoms with van der Waals surface area (Å²) in [7, 11) is 1.66. The summed E-state index contributed by atoms with van der Waals surface area (Å²) in [6.45, 7) is 0. The van der Waals surface area contributed by atoms with Crippen molar-refractivity contribution in [3.63, 3.8) is 0 Å². The van der Waals surface area contributed by atoms with Crippen LogP contribution in [0.1, 0.15) is 17.2 Å². The van der Waals surface area contributed by atoms with Crippen molar-refractivity contribution < 1.29 is 13.9 Å². The second kappa shape index (κ2) is 5.69. The Morgan fingerprint density at radius 3 is 2.50 bits per heavy atom. The van der Waals surface area contributed by atoms with Gasteiger partial charge in [-0.2, -0.15) is 0 Å². The van der Waals surface area contributed by atoms with Gasteiger partial charge in [0.15, 0.2) is 0 Å². The van der Waals surface area contributed by atoms with E-state index in [2.05, 4.69) is 10.3 Å². The number of hydrogen-bond acceptors (Lipinski definition) is 3. The lowest BCUT2D eigenvalue weighted by Gasteiger charge is -2.19. The molecule has 0 amide bonds. The van der Waals surface area contributed by atoms with Crippen molar-refractivity contribution in [3.8, 4) is 5.75 Å². The molecule has 0 saturated heterocycles. The Kier molecular flexibility index (Phi) is 3.73. The van der Waals surface area contributed by atoms with E-state index in [4.69, 9.17) is 0 Å². The highest BCUT2D eigenvalue weighted by Gasteiger charge is 2.19. The molecule has 2 aromatic carbocycles. The number of phenolic OH excluding ortho intramolecular Hbond substituents is 1. The van der Waals surface area contributed by atoms with E-state index >= 15 is 0 Å². The fourth-order valence-electron chi connectivity index (χ4n) is 2.62. The van der Waals surface area contributed by atoms with Crippen LogP contribution in [-0.2, 0) is 0 Å². The van der Waals surface area contributed by atoms with Crippen molar-refractivity contribution in [2.24, 2.45) is 0 Å². The number of fused-ring (bicyclic) bond motifs is 1. The SMILES string of the molecule is CNC(c1cc(F)cc(F)c1)c1ccc2cccnc2c1O. The first-order chi connectivity index (χ1) is 10.6. The van der Waals surface area contributed by atoms with E-state index < -0.39 is 17.7 Å². The zero-order valence-corrected chi connectivity index (χ0v) is 11.8. The molecule has 1 aromatic heterocycles. The molecule has 0 saturated carbocycles. The molecule has 3 aromatic rings. The molecule has 0 radical (unpaired) electrons. The van der Waals surface area contributed by atoms with Crippen LogP contribution >= 0.6 is 0 Å². The molecule has 1 atom stereocenters. The predicted molar refractivity (Wildman–Crippen MR) is 80.7 cm³/mol. The lowest BCUT2D eigenvalue weighted by atomic mass is 9.96. The van der Waals surface area contributed by atoms with Gasteiger partial charge < -0.3 is 10.4 Å². The number of halogens is 2. The van der Waals surface area contributed by atoms with Gasteiger partial charge >= 0.3 is 0 Å². The number of aromatic hydroxyl groups is 1. The van der Waals surface area contributed by atoms with Gasteiger partial charge in [-0.15, -0.1) is 0 Å². The highest BCUT2D eigenvalue weighted by molar-refractivity contribution is 5.85. The van der Waals surface area contributed by atoms with Crippen LogP contribution in [0.5, 0.6) is 5.75 Å². The summed E-state index contributed by atoms with van der Waals surface area (Å²) in [5, 5.41) is 14.2. The molecule has 1 unspecified atom stereocenters. The van der Waals surface area contributed by atoms with Crippen LogP contribution < -0.4 is 5.32 Å². The smallest absolute Gasteiger partial charge is 0.146 e. The monoisotopic (exact) mass is 300 g/mol. The number of aromatic nitrogens is 1. The van der Waals surface area contributed by atoms with Crippen molar-refractivity contribution in [1.29, 1.82) is 0 Å². The maximum absolute atomic E-state index is 13.5. The highest BCUT2D eigenvalue weighted by Crippen LogP contribution is 2.34. The molecule has 3 nitrogen and oxygen atoms in total. The summed E-state index contributed by atoms with van der Waals surface area (Å²) >= 11 is 0. The topological polar surface area (TPSA) is 45.2 Å². The first-order valence-corrected chi connectivity index (χ1v) is 6.80. The molecule has 0 spiro atoms. The number of nitrogens with zero attached hydrogens (tertiary/aromatic N) is 1. The Balaban J connectivity index is 2.16. The van der Waals surface area contributed by atoms with Crippen molar-refractivity contribution >= 4 is 10.9 Å². The second-order valence-electron chi connectivity index (χ2n) is 5.00. The molecule has 22 heavy (non-hydrogen) atoms. The third kappa shape index (κ3) is 2.51. The van der Waals surface area contributed by atoms with Gasteiger partial charge in [-0.1, -0.05) is 18.2 Å². The van der Waals surface area contributed by atoms with Gasteiger partial charge in [-0.05, 0) is 30.8 Å². The first-order valence-electron chi connectivity index (χ1n) is 6.80. The minimum absolute atomic E-state index is 0.00196. The lowest BCUT2D eigenvalue weighted by Crippen LogP contribution is -2.18. The maximum atomic E-state index is 13.5. The molecule has 0 fully saturated rings. The summed E-state index contributed by atoms with van der Waals surface area (Å²) < 4.78 is 26.9. The van der Waals surface area contributed by atoms with Crippen LogP contribution in [0.15, 0.2) is 48.7 Å². The van der Waals surface area contributed by atoms with Crippen molar-refractivity contribution in [2.75, 3.05) is 7.05 Å². The molecule has 0 aliphatic rings. The van der Waals surface area contributed by atoms with E-state index in [1.165, 1.54) is 12.1 Å². The molecule has 2 N–H and O–H groups in total. The Bertz CT molecular complexity index is 816. The van der Waals surface area contributed by atoms with Gasteiger partial charge in [0.25, 0.3) is 0 Å². The average molecular weight is 300 g/mol. The van der Waals surface area contributed by atoms with Crippen LogP contribution in [0.4, 0.5) is 8.78 Å². The van der Waals surface area contributed by atoms with E-state index in [1.807, 2.05) is 12.1 Å². The van der Waals surface area contributed by atoms with Crippen LogP contribution in [0.2, 0.25) is 0 Å². The number of hydrogen-bond donors (Lipinski definition) is 2. The van der Waals surface area contributed by atoms with E-state index in [1.54, 1.807) is 25.4 Å². The fourth-order valence-corrected chi connectivity index (χ4v) is 2.62. The number of rotatable bonds is 3. The quantitative estimate of drug-likeness (QED) is 0.778. The highest BCUT2D eigenvalue weighted by atomic mass is 19.1. The summed E-state index contributed by atoms with van der Waals surface area (Å²) in [5.74, 6) is -1.32. The van der Waals surface area contributed by atoms with Crippen molar-refractivity contribution in [3.05, 3.63) is 71.4 Å². The lowest BCUT2D eigenvalue weighted by molar-refractivity contribution is 0.465. The molecule has 112 valence electrons. The normalized spacial score (nSPS) is 12.5. The van der Waals surface area contributed by atoms with Gasteiger partial charge in [-0.25, -0.2) is 8.78 Å². The van der Waals surface area contributed by atoms with Crippen molar-refractivity contribution in [1.82, 2.24) is 10.3 Å². The fraction of sp³-hybridized carbons (Fsp3) is 0.118. The van der Waals surface area contributed by atoms with Gasteiger partial charge in [-0.3, -0.25) is 4.98 Å². The molecule has 0 aliphatic carbocycles. The van der Waals surface area contributed by atoms with Crippen molar-refractivity contribution in [2.45, 2.75) is 6.04 Å². The molecule has 3 rings (SSSR count). The number of pyridine rings is 1. The summed E-state index contributed by atoms with van der Waals surface area (Å²) in [6, 6.07) is 9.91. The zero-order valence-electron chi connectivity index (χ0n) is 11.8. The number of benzene rings is 2. The standard InChI is InChI=1S/C17H14F2N2O/c1-20-15(11-7-12(18)9-13(19)8-11)14-5-4-10-3-2-6-21-16(10)17(14)22/h2-9,15,20,22H,1H3. The van der Waals surface area contributed by atoms with Crippen LogP contribution in [0.3, 0.4) is 0 Å². The maximum Gasteiger partial charge on any atom is 0.146 e. The zero-order chi connectivity index (χ0) is 15.7. The summed E-state index contributed by atoms with van der Waals surface area (Å²) in [6.07, 6.45) is 1.59. The van der Waals surface area contributed by atoms with E-state index in [0.29, 0.717) is 16.6 Å². The molecular formula is C17H14F2N2O. The minimum Gasteiger partial charge on any atom is -0.505 e. The summed E-state index contributed by atoms with van der Waals surface area (Å²) in [4.78, 5) is 4.16. The van der Waals surface area contributed by atoms with Crippen LogP contribution in [0.25, 0.3) is 10.9 Å². The van der Waals surface area contributed by atoms with Crippen LogP contribution in [-0.4, -0.2) is 17.1 Å². The van der Waals surface area contributed by atoms with Gasteiger partial charge in [0.2, 0.25) is 0 Å². The molecular weight excluding hydrogens is 286 g/mol. The number of nitrogens with one attached hydrogen (secondary N) is 1. The number of phenols is 1. The third-order valence-corrected chi connectivity index (χ3v) is 3.60. The average Bonchev–Trinajstić information content (AvgIpc) is 2.49. The molecule has 5 heteroatoms. The van der Waals surface area contributed by atoms with Gasteiger partial charge in [0.05, 0.1) is 6.04 Å². The van der Waals surface area contributed by atoms with Gasteiger partial charge in [0.1, 0.15) is 22.9 Å². The Morgan fingerprint density at radius 1 is 1.09 bits per heavy atom. The largest absolute Gasteiger partial charge is 0.505 e. The minimum atomic E-state index is -0.659. The predicted octanol–water partition coefficient (Wildman–Crippen LogP) is 3.53. The Labute approximate surface area is 126 Å². The Hall–Kier alpha value is -2.53. The van der Waals surface area contributed by atoms with Crippen LogP contribution in [0, 0.1) is 11.6 Å². The first kappa shape index (κ1) is 14.4. The summed E-state index contributed by atoms with van der Waals surface area (Å²) in [5.41, 5.74) is 1.36. The Morgan fingerprint density at radius 2 is 1.82 bits per heavy atom.